The summed E-state index contributed by atoms with van der Waals surface area (Å²) in [6.45, 7) is 1.67. The van der Waals surface area contributed by atoms with Gasteiger partial charge in [0.05, 0.1) is 32.9 Å². The first-order valence-electron chi connectivity index (χ1n) is 6.03. The molecule has 1 amide bonds. The van der Waals surface area contributed by atoms with Gasteiger partial charge in [0, 0.05) is 25.4 Å². The van der Waals surface area contributed by atoms with E-state index in [1.54, 1.807) is 20.2 Å². The summed E-state index contributed by atoms with van der Waals surface area (Å²) in [6.07, 6.45) is 1.55. The van der Waals surface area contributed by atoms with Crippen LogP contribution in [0.5, 0.6) is 0 Å². The molecule has 0 saturated carbocycles. The zero-order chi connectivity index (χ0) is 16.4. The summed E-state index contributed by atoms with van der Waals surface area (Å²) >= 11 is 0. The Labute approximate surface area is 123 Å². The van der Waals surface area contributed by atoms with E-state index >= 15 is 0 Å². The number of non-ortho nitro benzene ring substituents is 2. The van der Waals surface area contributed by atoms with Gasteiger partial charge in [-0.15, -0.1) is 0 Å². The third-order valence-electron chi connectivity index (χ3n) is 2.85. The number of nitro benzene ring substituents is 2. The minimum absolute atomic E-state index is 0.177. The second kappa shape index (κ2) is 5.60. The quantitative estimate of drug-likeness (QED) is 0.676. The Hall–Kier alpha value is -3.30. The second-order valence-electron chi connectivity index (χ2n) is 4.51. The normalized spacial score (nSPS) is 10.3. The molecule has 10 nitrogen and oxygen atoms in total. The topological polar surface area (TPSA) is 133 Å². The van der Waals surface area contributed by atoms with Crippen molar-refractivity contribution >= 4 is 23.0 Å². The number of carbonyl (C=O) groups excluding carboxylic acids is 1. The van der Waals surface area contributed by atoms with E-state index in [2.05, 4.69) is 10.4 Å². The highest BCUT2D eigenvalue weighted by molar-refractivity contribution is 6.05. The fourth-order valence-corrected chi connectivity index (χ4v) is 1.85. The Balaban J connectivity index is 2.38. The summed E-state index contributed by atoms with van der Waals surface area (Å²) in [7, 11) is 1.67. The number of aryl methyl sites for hydroxylation is 2. The van der Waals surface area contributed by atoms with Gasteiger partial charge in [-0.2, -0.15) is 5.10 Å². The van der Waals surface area contributed by atoms with Crippen LogP contribution in [0.4, 0.5) is 17.1 Å². The lowest BCUT2D eigenvalue weighted by Crippen LogP contribution is -2.13. The zero-order valence-corrected chi connectivity index (χ0v) is 11.6. The molecule has 0 bridgehead atoms. The Morgan fingerprint density at radius 2 is 1.73 bits per heavy atom. The van der Waals surface area contributed by atoms with Crippen LogP contribution < -0.4 is 5.32 Å². The molecular formula is C12H11N5O5. The summed E-state index contributed by atoms with van der Waals surface area (Å²) < 4.78 is 1.49. The van der Waals surface area contributed by atoms with Crippen LogP contribution in [0.2, 0.25) is 0 Å². The zero-order valence-electron chi connectivity index (χ0n) is 11.6. The molecule has 0 fully saturated rings. The van der Waals surface area contributed by atoms with Crippen LogP contribution in [-0.4, -0.2) is 25.5 Å². The van der Waals surface area contributed by atoms with E-state index in [1.165, 1.54) is 4.68 Å². The third kappa shape index (κ3) is 3.06. The fourth-order valence-electron chi connectivity index (χ4n) is 1.85. The Morgan fingerprint density at radius 3 is 2.14 bits per heavy atom. The smallest absolute Gasteiger partial charge is 0.277 e. The highest BCUT2D eigenvalue weighted by atomic mass is 16.6. The summed E-state index contributed by atoms with van der Waals surface area (Å²) in [5.41, 5.74) is -0.258. The molecule has 0 aliphatic carbocycles. The maximum Gasteiger partial charge on any atom is 0.277 e. The molecule has 0 spiro atoms. The number of hydrogen-bond acceptors (Lipinski definition) is 6. The molecular weight excluding hydrogens is 294 g/mol. The molecule has 1 aromatic heterocycles. The molecule has 0 atom stereocenters. The number of carbonyl (C=O) groups is 1. The number of hydrogen-bond donors (Lipinski definition) is 1. The van der Waals surface area contributed by atoms with Crippen molar-refractivity contribution in [1.82, 2.24) is 9.78 Å². The number of amides is 1. The van der Waals surface area contributed by atoms with E-state index in [4.69, 9.17) is 0 Å². The van der Waals surface area contributed by atoms with Gasteiger partial charge < -0.3 is 5.32 Å². The number of aromatic nitrogens is 2. The van der Waals surface area contributed by atoms with Crippen LogP contribution in [-0.2, 0) is 7.05 Å². The van der Waals surface area contributed by atoms with Crippen molar-refractivity contribution in [3.63, 3.8) is 0 Å². The van der Waals surface area contributed by atoms with Gasteiger partial charge in [-0.25, -0.2) is 0 Å². The molecule has 1 aromatic carbocycles. The molecule has 22 heavy (non-hydrogen) atoms. The molecule has 0 aliphatic rings. The van der Waals surface area contributed by atoms with E-state index in [-0.39, 0.29) is 5.56 Å². The van der Waals surface area contributed by atoms with Gasteiger partial charge in [-0.3, -0.25) is 29.7 Å². The molecule has 114 valence electrons. The Bertz CT molecular complexity index is 750. The van der Waals surface area contributed by atoms with E-state index in [9.17, 15) is 25.0 Å². The van der Waals surface area contributed by atoms with E-state index in [1.807, 2.05) is 0 Å². The maximum atomic E-state index is 12.1. The molecule has 2 aromatic rings. The van der Waals surface area contributed by atoms with Gasteiger partial charge in [0.2, 0.25) is 0 Å². The van der Waals surface area contributed by atoms with Gasteiger partial charge in [-0.05, 0) is 6.92 Å². The van der Waals surface area contributed by atoms with Crippen LogP contribution in [0.3, 0.4) is 0 Å². The van der Waals surface area contributed by atoms with Gasteiger partial charge in [0.1, 0.15) is 0 Å². The van der Waals surface area contributed by atoms with Crippen molar-refractivity contribution in [3.8, 4) is 0 Å². The molecule has 1 N–H and O–H groups in total. The molecule has 0 saturated heterocycles. The first-order valence-corrected chi connectivity index (χ1v) is 6.03. The SMILES string of the molecule is Cc1nn(C)cc1NC(=O)c1cc([N+](=O)[O-])cc([N+](=O)[O-])c1. The van der Waals surface area contributed by atoms with Crippen LogP contribution in [0.25, 0.3) is 0 Å². The van der Waals surface area contributed by atoms with Crippen LogP contribution in [0.15, 0.2) is 24.4 Å². The van der Waals surface area contributed by atoms with Crippen molar-refractivity contribution < 1.29 is 14.6 Å². The van der Waals surface area contributed by atoms with Gasteiger partial charge in [-0.1, -0.05) is 0 Å². The third-order valence-corrected chi connectivity index (χ3v) is 2.85. The van der Waals surface area contributed by atoms with Crippen LogP contribution in [0.1, 0.15) is 16.1 Å². The number of anilines is 1. The van der Waals surface area contributed by atoms with Gasteiger partial charge in [0.15, 0.2) is 0 Å². The maximum absolute atomic E-state index is 12.1. The molecule has 2 rings (SSSR count). The van der Waals surface area contributed by atoms with E-state index < -0.39 is 27.1 Å². The summed E-state index contributed by atoms with van der Waals surface area (Å²) in [4.78, 5) is 32.2. The lowest BCUT2D eigenvalue weighted by atomic mass is 10.1. The first kappa shape index (κ1) is 15.1. The van der Waals surface area contributed by atoms with Crippen molar-refractivity contribution in [2.75, 3.05) is 5.32 Å². The van der Waals surface area contributed by atoms with Gasteiger partial charge >= 0.3 is 0 Å². The van der Waals surface area contributed by atoms with E-state index in [0.29, 0.717) is 11.4 Å². The van der Waals surface area contributed by atoms with Gasteiger partial charge in [0.25, 0.3) is 17.3 Å². The first-order chi connectivity index (χ1) is 10.3. The molecule has 10 heteroatoms. The standard InChI is InChI=1S/C12H11N5O5/c1-7-11(6-15(2)14-7)13-12(18)8-3-9(16(19)20)5-10(4-8)17(21)22/h3-6H,1-2H3,(H,13,18). The van der Waals surface area contributed by atoms with Crippen LogP contribution in [0, 0.1) is 27.2 Å². The predicted molar refractivity (Wildman–Crippen MR) is 75.6 cm³/mol. The number of nitrogens with zero attached hydrogens (tertiary/aromatic N) is 4. The molecule has 0 aliphatic heterocycles. The van der Waals surface area contributed by atoms with Crippen molar-refractivity contribution in [1.29, 1.82) is 0 Å². The highest BCUT2D eigenvalue weighted by Gasteiger charge is 2.20. The number of nitrogens with one attached hydrogen (secondary N) is 1. The highest BCUT2D eigenvalue weighted by Crippen LogP contribution is 2.23. The average Bonchev–Trinajstić information content (AvgIpc) is 2.76. The van der Waals surface area contributed by atoms with Crippen molar-refractivity contribution in [2.45, 2.75) is 6.92 Å². The Kier molecular flexibility index (Phi) is 3.84. The van der Waals surface area contributed by atoms with Crippen molar-refractivity contribution in [2.24, 2.45) is 7.05 Å². The summed E-state index contributed by atoms with van der Waals surface area (Å²) in [6, 6.07) is 2.76. The number of nitro groups is 2. The number of benzene rings is 1. The summed E-state index contributed by atoms with van der Waals surface area (Å²) in [5, 5.41) is 28.2. The molecule has 1 heterocycles. The average molecular weight is 305 g/mol. The number of rotatable bonds is 4. The minimum Gasteiger partial charge on any atom is -0.319 e. The second-order valence-corrected chi connectivity index (χ2v) is 4.51. The van der Waals surface area contributed by atoms with Crippen LogP contribution >= 0.6 is 0 Å². The fraction of sp³-hybridized carbons (Fsp3) is 0.167. The monoisotopic (exact) mass is 305 g/mol. The Morgan fingerprint density at radius 1 is 1.18 bits per heavy atom. The predicted octanol–water partition coefficient (Wildman–Crippen LogP) is 1.80. The minimum atomic E-state index is -0.793. The lowest BCUT2D eigenvalue weighted by molar-refractivity contribution is -0.394. The largest absolute Gasteiger partial charge is 0.319 e. The summed E-state index contributed by atoms with van der Waals surface area (Å²) in [5.74, 6) is -0.692. The van der Waals surface area contributed by atoms with Crippen molar-refractivity contribution in [3.05, 3.63) is 55.9 Å². The molecule has 0 radical (unpaired) electrons. The lowest BCUT2D eigenvalue weighted by Gasteiger charge is -2.04. The van der Waals surface area contributed by atoms with E-state index in [0.717, 1.165) is 18.2 Å². The molecule has 0 unspecified atom stereocenters.